The number of amides is 2. The number of likely N-dealkylation sites (N-methyl/N-ethyl adjacent to an activating group) is 1. The maximum atomic E-state index is 12.8. The summed E-state index contributed by atoms with van der Waals surface area (Å²) in [4.78, 5) is 28.5. The molecule has 0 radical (unpaired) electrons. The average molecular weight is 343 g/mol. The summed E-state index contributed by atoms with van der Waals surface area (Å²) in [6.45, 7) is 4.47. The van der Waals surface area contributed by atoms with E-state index in [1.165, 1.54) is 0 Å². The molecule has 2 heterocycles. The molecule has 25 heavy (non-hydrogen) atoms. The van der Waals surface area contributed by atoms with E-state index in [0.717, 1.165) is 5.69 Å². The molecule has 7 nitrogen and oxygen atoms in total. The molecule has 132 valence electrons. The Balaban J connectivity index is 1.64. The number of ether oxygens (including phenoxy) is 1. The van der Waals surface area contributed by atoms with E-state index in [1.54, 1.807) is 22.8 Å². The normalized spacial score (nSPS) is 17.0. The molecule has 1 aromatic carbocycles. The molecule has 1 fully saturated rings. The van der Waals surface area contributed by atoms with E-state index < -0.39 is 6.04 Å². The largest absolute Gasteiger partial charge is 0.465 e. The lowest BCUT2D eigenvalue weighted by Crippen LogP contribution is -2.47. The number of hydrogen-bond acceptors (Lipinski definition) is 5. The number of aromatic nitrogens is 1. The van der Waals surface area contributed by atoms with Crippen LogP contribution < -0.4 is 9.64 Å². The predicted molar refractivity (Wildman–Crippen MR) is 91.3 cm³/mol. The maximum Gasteiger partial charge on any atom is 0.261 e. The van der Waals surface area contributed by atoms with Crippen molar-refractivity contribution < 1.29 is 18.8 Å². The van der Waals surface area contributed by atoms with Gasteiger partial charge in [-0.15, -0.1) is 0 Å². The van der Waals surface area contributed by atoms with Gasteiger partial charge in [0.1, 0.15) is 11.8 Å². The number of benzene rings is 1. The molecule has 1 atom stereocenters. The summed E-state index contributed by atoms with van der Waals surface area (Å²) >= 11 is 0. The summed E-state index contributed by atoms with van der Waals surface area (Å²) in [5.74, 6) is 0.583. The molecule has 1 saturated heterocycles. The van der Waals surface area contributed by atoms with Gasteiger partial charge in [0.15, 0.2) is 6.61 Å². The van der Waals surface area contributed by atoms with Crippen LogP contribution in [0.25, 0.3) is 0 Å². The summed E-state index contributed by atoms with van der Waals surface area (Å²) in [7, 11) is 0. The van der Waals surface area contributed by atoms with Gasteiger partial charge in [-0.1, -0.05) is 18.2 Å². The Kier molecular flexibility index (Phi) is 5.02. The summed E-state index contributed by atoms with van der Waals surface area (Å²) in [6, 6.07) is 10.6. The summed E-state index contributed by atoms with van der Waals surface area (Å²) in [5, 5.41) is 3.69. The van der Waals surface area contributed by atoms with Crippen LogP contribution in [0.15, 0.2) is 40.9 Å². The Hall–Kier alpha value is -2.83. The Bertz CT molecular complexity index is 744. The van der Waals surface area contributed by atoms with Gasteiger partial charge in [0.25, 0.3) is 11.8 Å². The van der Waals surface area contributed by atoms with Crippen LogP contribution in [0.3, 0.4) is 0 Å². The third-order valence-corrected chi connectivity index (χ3v) is 4.23. The average Bonchev–Trinajstić information content (AvgIpc) is 3.21. The number of aryl methyl sites for hydroxylation is 1. The van der Waals surface area contributed by atoms with Crippen LogP contribution >= 0.6 is 0 Å². The number of hydrogen-bond donors (Lipinski definition) is 0. The molecule has 0 bridgehead atoms. The van der Waals surface area contributed by atoms with Crippen LogP contribution in [-0.2, 0) is 9.59 Å². The second-order valence-corrected chi connectivity index (χ2v) is 5.87. The minimum Gasteiger partial charge on any atom is -0.465 e. The first-order valence-corrected chi connectivity index (χ1v) is 8.32. The Labute approximate surface area is 146 Å². The summed E-state index contributed by atoms with van der Waals surface area (Å²) in [6.07, 6.45) is 0.608. The van der Waals surface area contributed by atoms with Crippen LogP contribution in [0.2, 0.25) is 0 Å². The summed E-state index contributed by atoms with van der Waals surface area (Å²) in [5.41, 5.74) is 0.854. The van der Waals surface area contributed by atoms with Crippen molar-refractivity contribution in [2.24, 2.45) is 0 Å². The first-order chi connectivity index (χ1) is 12.1. The second kappa shape index (κ2) is 7.38. The Morgan fingerprint density at radius 3 is 2.80 bits per heavy atom. The van der Waals surface area contributed by atoms with Gasteiger partial charge < -0.3 is 19.1 Å². The topological polar surface area (TPSA) is 75.9 Å². The van der Waals surface area contributed by atoms with E-state index >= 15 is 0 Å². The number of carbonyl (C=O) groups is 2. The molecular weight excluding hydrogens is 322 g/mol. The fourth-order valence-corrected chi connectivity index (χ4v) is 3.02. The second-order valence-electron chi connectivity index (χ2n) is 5.87. The lowest BCUT2D eigenvalue weighted by atomic mass is 10.2. The molecule has 0 spiro atoms. The monoisotopic (exact) mass is 343 g/mol. The molecule has 7 heteroatoms. The molecule has 2 aromatic rings. The number of anilines is 1. The summed E-state index contributed by atoms with van der Waals surface area (Å²) < 4.78 is 10.3. The number of para-hydroxylation sites is 1. The highest BCUT2D eigenvalue weighted by Crippen LogP contribution is 2.24. The smallest absolute Gasteiger partial charge is 0.261 e. The molecule has 0 aliphatic carbocycles. The zero-order valence-corrected chi connectivity index (χ0v) is 14.3. The van der Waals surface area contributed by atoms with Crippen molar-refractivity contribution in [3.05, 3.63) is 42.2 Å². The van der Waals surface area contributed by atoms with Gasteiger partial charge in [0.05, 0.1) is 0 Å². The third kappa shape index (κ3) is 3.65. The van der Waals surface area contributed by atoms with E-state index in [4.69, 9.17) is 9.26 Å². The SMILES string of the molecule is CCN(C(=O)COc1cc(C)on1)C1CCN(c2ccccc2)C1=O. The molecule has 2 amide bonds. The van der Waals surface area contributed by atoms with Crippen LogP contribution in [0, 0.1) is 6.92 Å². The predicted octanol–water partition coefficient (Wildman–Crippen LogP) is 2.02. The van der Waals surface area contributed by atoms with Crippen molar-refractivity contribution in [1.29, 1.82) is 0 Å². The van der Waals surface area contributed by atoms with E-state index in [2.05, 4.69) is 5.16 Å². The lowest BCUT2D eigenvalue weighted by molar-refractivity contribution is -0.139. The van der Waals surface area contributed by atoms with E-state index in [9.17, 15) is 9.59 Å². The molecule has 0 N–H and O–H groups in total. The quantitative estimate of drug-likeness (QED) is 0.802. The van der Waals surface area contributed by atoms with Gasteiger partial charge in [-0.3, -0.25) is 9.59 Å². The Morgan fingerprint density at radius 1 is 1.40 bits per heavy atom. The van der Waals surface area contributed by atoms with Crippen LogP contribution in [0.1, 0.15) is 19.1 Å². The first kappa shape index (κ1) is 17.0. The number of carbonyl (C=O) groups excluding carboxylic acids is 2. The van der Waals surface area contributed by atoms with Crippen LogP contribution in [0.5, 0.6) is 5.88 Å². The van der Waals surface area contributed by atoms with Crippen molar-refractivity contribution in [3.8, 4) is 5.88 Å². The highest BCUT2D eigenvalue weighted by molar-refractivity contribution is 6.01. The fourth-order valence-electron chi connectivity index (χ4n) is 3.02. The zero-order chi connectivity index (χ0) is 17.8. The van der Waals surface area contributed by atoms with Gasteiger partial charge in [0.2, 0.25) is 5.91 Å². The molecule has 1 aromatic heterocycles. The molecule has 1 aliphatic rings. The van der Waals surface area contributed by atoms with Crippen molar-refractivity contribution in [3.63, 3.8) is 0 Å². The molecular formula is C18H21N3O4. The third-order valence-electron chi connectivity index (χ3n) is 4.23. The first-order valence-electron chi connectivity index (χ1n) is 8.32. The van der Waals surface area contributed by atoms with E-state index in [0.29, 0.717) is 25.3 Å². The standard InChI is InChI=1S/C18H21N3O4/c1-3-20(17(22)12-24-16-11-13(2)25-19-16)15-9-10-21(18(15)23)14-7-5-4-6-8-14/h4-8,11,15H,3,9-10,12H2,1-2H3. The highest BCUT2D eigenvalue weighted by Gasteiger charge is 2.38. The molecule has 0 saturated carbocycles. The number of rotatable bonds is 6. The molecule has 1 aliphatic heterocycles. The zero-order valence-electron chi connectivity index (χ0n) is 14.3. The Morgan fingerprint density at radius 2 is 2.16 bits per heavy atom. The number of nitrogens with zero attached hydrogens (tertiary/aromatic N) is 3. The van der Waals surface area contributed by atoms with Gasteiger partial charge in [-0.05, 0) is 37.6 Å². The fraction of sp³-hybridized carbons (Fsp3) is 0.389. The van der Waals surface area contributed by atoms with Gasteiger partial charge in [0, 0.05) is 24.8 Å². The van der Waals surface area contributed by atoms with Crippen molar-refractivity contribution in [2.45, 2.75) is 26.3 Å². The van der Waals surface area contributed by atoms with Crippen LogP contribution in [-0.4, -0.2) is 47.6 Å². The highest BCUT2D eigenvalue weighted by atomic mass is 16.5. The van der Waals surface area contributed by atoms with Crippen molar-refractivity contribution in [1.82, 2.24) is 10.1 Å². The minimum atomic E-state index is -0.458. The van der Waals surface area contributed by atoms with E-state index in [-0.39, 0.29) is 24.3 Å². The molecule has 3 rings (SSSR count). The van der Waals surface area contributed by atoms with Gasteiger partial charge in [-0.25, -0.2) is 0 Å². The van der Waals surface area contributed by atoms with Crippen molar-refractivity contribution >= 4 is 17.5 Å². The maximum absolute atomic E-state index is 12.8. The lowest BCUT2D eigenvalue weighted by Gasteiger charge is -2.26. The van der Waals surface area contributed by atoms with Gasteiger partial charge >= 0.3 is 0 Å². The molecule has 1 unspecified atom stereocenters. The minimum absolute atomic E-state index is 0.0568. The van der Waals surface area contributed by atoms with Gasteiger partial charge in [-0.2, -0.15) is 0 Å². The van der Waals surface area contributed by atoms with Crippen molar-refractivity contribution in [2.75, 3.05) is 24.6 Å². The van der Waals surface area contributed by atoms with Crippen LogP contribution in [0.4, 0.5) is 5.69 Å². The van der Waals surface area contributed by atoms with E-state index in [1.807, 2.05) is 37.3 Å².